The largest absolute Gasteiger partial charge is 0.493 e. The van der Waals surface area contributed by atoms with Gasteiger partial charge >= 0.3 is 0 Å². The standard InChI is InChI=1S/C14H15Br2NO3S/c1-19-12-3-2-9(6-13(12)20-5-4-18)17-8-10-7-11(15)14(16)21-10/h2-3,6-7,17-18H,4-5,8H2,1H3. The van der Waals surface area contributed by atoms with Gasteiger partial charge in [-0.3, -0.25) is 0 Å². The van der Waals surface area contributed by atoms with E-state index >= 15 is 0 Å². The number of hydrogen-bond donors (Lipinski definition) is 2. The van der Waals surface area contributed by atoms with Crippen molar-refractivity contribution in [2.45, 2.75) is 6.54 Å². The van der Waals surface area contributed by atoms with Gasteiger partial charge in [0.15, 0.2) is 11.5 Å². The molecule has 0 bridgehead atoms. The van der Waals surface area contributed by atoms with Crippen LogP contribution in [0.3, 0.4) is 0 Å². The second-order valence-corrected chi connectivity index (χ2v) is 7.43. The van der Waals surface area contributed by atoms with Crippen molar-refractivity contribution < 1.29 is 14.6 Å². The predicted octanol–water partition coefficient (Wildman–Crippen LogP) is 4.26. The summed E-state index contributed by atoms with van der Waals surface area (Å²) in [7, 11) is 1.59. The third kappa shape index (κ3) is 4.60. The number of hydrogen-bond acceptors (Lipinski definition) is 5. The van der Waals surface area contributed by atoms with E-state index in [9.17, 15) is 0 Å². The van der Waals surface area contributed by atoms with Crippen LogP contribution in [0.2, 0.25) is 0 Å². The summed E-state index contributed by atoms with van der Waals surface area (Å²) in [6.07, 6.45) is 0. The van der Waals surface area contributed by atoms with E-state index in [0.717, 1.165) is 20.5 Å². The van der Waals surface area contributed by atoms with Crippen LogP contribution in [0.5, 0.6) is 11.5 Å². The van der Waals surface area contributed by atoms with Crippen LogP contribution in [0.15, 0.2) is 32.5 Å². The van der Waals surface area contributed by atoms with Gasteiger partial charge in [0.25, 0.3) is 0 Å². The van der Waals surface area contributed by atoms with Gasteiger partial charge in [-0.25, -0.2) is 0 Å². The van der Waals surface area contributed by atoms with E-state index in [0.29, 0.717) is 11.5 Å². The number of aliphatic hydroxyl groups excluding tert-OH is 1. The zero-order chi connectivity index (χ0) is 15.2. The van der Waals surface area contributed by atoms with Gasteiger partial charge in [-0.2, -0.15) is 0 Å². The molecule has 1 aromatic heterocycles. The Labute approximate surface area is 144 Å². The fourth-order valence-electron chi connectivity index (χ4n) is 1.72. The number of nitrogens with one attached hydrogen (secondary N) is 1. The molecule has 0 spiro atoms. The molecular weight excluding hydrogens is 422 g/mol. The van der Waals surface area contributed by atoms with E-state index in [2.05, 4.69) is 43.2 Å². The molecule has 0 saturated heterocycles. The third-order valence-corrected chi connectivity index (χ3v) is 5.93. The minimum atomic E-state index is -0.0297. The summed E-state index contributed by atoms with van der Waals surface area (Å²) >= 11 is 8.64. The van der Waals surface area contributed by atoms with E-state index < -0.39 is 0 Å². The number of benzene rings is 1. The normalized spacial score (nSPS) is 10.5. The summed E-state index contributed by atoms with van der Waals surface area (Å²) in [6, 6.07) is 7.72. The number of thiophene rings is 1. The Morgan fingerprint density at radius 1 is 1.24 bits per heavy atom. The number of methoxy groups -OCH3 is 1. The van der Waals surface area contributed by atoms with Gasteiger partial charge in [0.05, 0.1) is 17.5 Å². The monoisotopic (exact) mass is 435 g/mol. The first kappa shape index (κ1) is 16.6. The summed E-state index contributed by atoms with van der Waals surface area (Å²) in [5.74, 6) is 1.26. The first-order valence-electron chi connectivity index (χ1n) is 6.23. The molecule has 7 heteroatoms. The van der Waals surface area contributed by atoms with Crippen LogP contribution in [0, 0.1) is 0 Å². The average Bonchev–Trinajstić information content (AvgIpc) is 2.81. The summed E-state index contributed by atoms with van der Waals surface area (Å²) in [5.41, 5.74) is 0.935. The highest BCUT2D eigenvalue weighted by Crippen LogP contribution is 2.34. The molecule has 0 atom stereocenters. The number of anilines is 1. The van der Waals surface area contributed by atoms with Gasteiger partial charge in [-0.05, 0) is 50.1 Å². The van der Waals surface area contributed by atoms with Crippen LogP contribution < -0.4 is 14.8 Å². The Hall–Kier alpha value is -0.760. The van der Waals surface area contributed by atoms with E-state index in [1.165, 1.54) is 4.88 Å². The van der Waals surface area contributed by atoms with E-state index in [1.807, 2.05) is 18.2 Å². The zero-order valence-electron chi connectivity index (χ0n) is 11.4. The number of ether oxygens (including phenoxy) is 2. The molecule has 21 heavy (non-hydrogen) atoms. The smallest absolute Gasteiger partial charge is 0.163 e. The maximum atomic E-state index is 8.85. The summed E-state index contributed by atoms with van der Waals surface area (Å²) in [4.78, 5) is 1.21. The van der Waals surface area contributed by atoms with Crippen molar-refractivity contribution in [3.05, 3.63) is 37.4 Å². The zero-order valence-corrected chi connectivity index (χ0v) is 15.3. The first-order valence-corrected chi connectivity index (χ1v) is 8.63. The topological polar surface area (TPSA) is 50.7 Å². The number of aliphatic hydroxyl groups is 1. The van der Waals surface area contributed by atoms with Gasteiger partial charge < -0.3 is 19.9 Å². The molecule has 0 aliphatic carbocycles. The molecule has 2 aromatic rings. The van der Waals surface area contributed by atoms with Crippen molar-refractivity contribution in [2.24, 2.45) is 0 Å². The molecule has 2 N–H and O–H groups in total. The molecule has 114 valence electrons. The van der Waals surface area contributed by atoms with Crippen molar-refractivity contribution in [3.63, 3.8) is 0 Å². The van der Waals surface area contributed by atoms with Crippen LogP contribution in [0.4, 0.5) is 5.69 Å². The molecule has 0 aliphatic heterocycles. The highest BCUT2D eigenvalue weighted by molar-refractivity contribution is 9.13. The van der Waals surface area contributed by atoms with Crippen LogP contribution in [0.1, 0.15) is 4.88 Å². The lowest BCUT2D eigenvalue weighted by atomic mass is 10.2. The fourth-order valence-corrected chi connectivity index (χ4v) is 3.84. The minimum Gasteiger partial charge on any atom is -0.493 e. The van der Waals surface area contributed by atoms with Crippen molar-refractivity contribution >= 4 is 48.9 Å². The molecule has 0 fully saturated rings. The second kappa shape index (κ2) is 8.03. The van der Waals surface area contributed by atoms with Crippen molar-refractivity contribution in [1.82, 2.24) is 0 Å². The highest BCUT2D eigenvalue weighted by Gasteiger charge is 2.07. The SMILES string of the molecule is COc1ccc(NCc2cc(Br)c(Br)s2)cc1OCCO. The third-order valence-electron chi connectivity index (χ3n) is 2.68. The number of rotatable bonds is 7. The Kier molecular flexibility index (Phi) is 6.35. The molecule has 0 amide bonds. The summed E-state index contributed by atoms with van der Waals surface area (Å²) in [6.45, 7) is 0.934. The van der Waals surface area contributed by atoms with Crippen molar-refractivity contribution in [2.75, 3.05) is 25.6 Å². The van der Waals surface area contributed by atoms with Crippen molar-refractivity contribution in [1.29, 1.82) is 0 Å². The van der Waals surface area contributed by atoms with Crippen LogP contribution >= 0.6 is 43.2 Å². The predicted molar refractivity (Wildman–Crippen MR) is 92.6 cm³/mol. The highest BCUT2D eigenvalue weighted by atomic mass is 79.9. The molecule has 0 radical (unpaired) electrons. The van der Waals surface area contributed by atoms with Crippen LogP contribution in [-0.4, -0.2) is 25.4 Å². The average molecular weight is 437 g/mol. The second-order valence-electron chi connectivity index (χ2n) is 4.13. The van der Waals surface area contributed by atoms with Gasteiger partial charge in [0.1, 0.15) is 6.61 Å². The van der Waals surface area contributed by atoms with Gasteiger partial charge in [0.2, 0.25) is 0 Å². The lowest BCUT2D eigenvalue weighted by Gasteiger charge is -2.12. The Bertz CT molecular complexity index is 584. The van der Waals surface area contributed by atoms with Gasteiger partial charge in [-0.15, -0.1) is 11.3 Å². The molecule has 1 aromatic carbocycles. The first-order chi connectivity index (χ1) is 10.1. The van der Waals surface area contributed by atoms with Crippen LogP contribution in [0.25, 0.3) is 0 Å². The Balaban J connectivity index is 2.05. The Morgan fingerprint density at radius 3 is 2.67 bits per heavy atom. The number of halogens is 2. The fraction of sp³-hybridized carbons (Fsp3) is 0.286. The molecular formula is C14H15Br2NO3S. The molecule has 4 nitrogen and oxygen atoms in total. The molecule has 1 heterocycles. The summed E-state index contributed by atoms with van der Waals surface area (Å²) in [5, 5.41) is 12.2. The maximum Gasteiger partial charge on any atom is 0.163 e. The molecule has 0 unspecified atom stereocenters. The lowest BCUT2D eigenvalue weighted by molar-refractivity contribution is 0.196. The summed E-state index contributed by atoms with van der Waals surface area (Å²) < 4.78 is 12.8. The molecule has 0 aliphatic rings. The van der Waals surface area contributed by atoms with Crippen molar-refractivity contribution in [3.8, 4) is 11.5 Å². The quantitative estimate of drug-likeness (QED) is 0.680. The van der Waals surface area contributed by atoms with Crippen LogP contribution in [-0.2, 0) is 6.54 Å². The lowest BCUT2D eigenvalue weighted by Crippen LogP contribution is -2.04. The van der Waals surface area contributed by atoms with Gasteiger partial charge in [-0.1, -0.05) is 0 Å². The Morgan fingerprint density at radius 2 is 2.05 bits per heavy atom. The minimum absolute atomic E-state index is 0.0297. The van der Waals surface area contributed by atoms with E-state index in [1.54, 1.807) is 18.4 Å². The molecule has 2 rings (SSSR count). The molecule has 0 saturated carbocycles. The van der Waals surface area contributed by atoms with E-state index in [4.69, 9.17) is 14.6 Å². The van der Waals surface area contributed by atoms with E-state index in [-0.39, 0.29) is 13.2 Å². The van der Waals surface area contributed by atoms with Gasteiger partial charge in [0, 0.05) is 27.6 Å². The maximum absolute atomic E-state index is 8.85.